The van der Waals surface area contributed by atoms with Crippen molar-refractivity contribution in [2.75, 3.05) is 6.54 Å². The van der Waals surface area contributed by atoms with Crippen molar-refractivity contribution >= 4 is 11.3 Å². The first-order chi connectivity index (χ1) is 6.84. The predicted octanol–water partition coefficient (Wildman–Crippen LogP) is 2.62. The van der Waals surface area contributed by atoms with Crippen LogP contribution in [0.15, 0.2) is 6.07 Å². The molecule has 0 bridgehead atoms. The van der Waals surface area contributed by atoms with Gasteiger partial charge in [-0.2, -0.15) is 0 Å². The van der Waals surface area contributed by atoms with Gasteiger partial charge in [-0.05, 0) is 56.7 Å². The van der Waals surface area contributed by atoms with E-state index in [1.807, 2.05) is 0 Å². The molecule has 0 atom stereocenters. The first kappa shape index (κ1) is 8.93. The fourth-order valence-electron chi connectivity index (χ4n) is 2.64. The molecule has 1 nitrogen and oxygen atoms in total. The molecule has 1 fully saturated rings. The molecule has 0 unspecified atom stereocenters. The van der Waals surface area contributed by atoms with Gasteiger partial charge in [-0.3, -0.25) is 0 Å². The van der Waals surface area contributed by atoms with Crippen LogP contribution < -0.4 is 5.73 Å². The number of thiophene rings is 1. The van der Waals surface area contributed by atoms with Crippen LogP contribution in [0.1, 0.15) is 41.0 Å². The molecule has 0 spiro atoms. The maximum Gasteiger partial charge on any atom is 0.0113 e. The number of rotatable bonds is 3. The Labute approximate surface area is 89.3 Å². The molecule has 0 amide bonds. The second kappa shape index (κ2) is 3.07. The van der Waals surface area contributed by atoms with Crippen molar-refractivity contribution in [3.8, 4) is 0 Å². The molecule has 2 heteroatoms. The Kier molecular flexibility index (Phi) is 1.96. The van der Waals surface area contributed by atoms with Gasteiger partial charge in [0.15, 0.2) is 0 Å². The minimum Gasteiger partial charge on any atom is -0.330 e. The normalized spacial score (nSPS) is 22.4. The summed E-state index contributed by atoms with van der Waals surface area (Å²) in [6, 6.07) is 2.48. The van der Waals surface area contributed by atoms with Crippen LogP contribution in [0.5, 0.6) is 0 Å². The topological polar surface area (TPSA) is 26.0 Å². The van der Waals surface area contributed by atoms with Crippen molar-refractivity contribution < 1.29 is 0 Å². The van der Waals surface area contributed by atoms with Crippen molar-refractivity contribution in [1.82, 2.24) is 0 Å². The SMILES string of the molecule is NCCC1(c2cc3c(s2)CCC3)CC1. The van der Waals surface area contributed by atoms with Crippen LogP contribution in [0.25, 0.3) is 0 Å². The number of nitrogens with two attached hydrogens (primary N) is 1. The lowest BCUT2D eigenvalue weighted by Gasteiger charge is -2.10. The zero-order valence-corrected chi connectivity index (χ0v) is 9.33. The molecule has 2 aliphatic rings. The van der Waals surface area contributed by atoms with E-state index in [2.05, 4.69) is 17.4 Å². The third kappa shape index (κ3) is 1.24. The summed E-state index contributed by atoms with van der Waals surface area (Å²) >= 11 is 2.08. The van der Waals surface area contributed by atoms with Gasteiger partial charge in [-0.1, -0.05) is 0 Å². The van der Waals surface area contributed by atoms with Gasteiger partial charge in [-0.15, -0.1) is 11.3 Å². The molecule has 0 radical (unpaired) electrons. The lowest BCUT2D eigenvalue weighted by atomic mass is 10.00. The molecule has 1 aromatic rings. The van der Waals surface area contributed by atoms with E-state index in [9.17, 15) is 0 Å². The molecule has 76 valence electrons. The van der Waals surface area contributed by atoms with Gasteiger partial charge in [0.2, 0.25) is 0 Å². The fourth-order valence-corrected chi connectivity index (χ4v) is 4.16. The van der Waals surface area contributed by atoms with Crippen LogP contribution in [0.4, 0.5) is 0 Å². The Morgan fingerprint density at radius 3 is 2.86 bits per heavy atom. The lowest BCUT2D eigenvalue weighted by molar-refractivity contribution is 0.640. The van der Waals surface area contributed by atoms with E-state index in [1.165, 1.54) is 38.5 Å². The Hall–Kier alpha value is -0.340. The number of hydrogen-bond acceptors (Lipinski definition) is 2. The first-order valence-electron chi connectivity index (χ1n) is 5.66. The van der Waals surface area contributed by atoms with Gasteiger partial charge >= 0.3 is 0 Å². The average molecular weight is 207 g/mol. The Balaban J connectivity index is 1.90. The molecule has 1 heterocycles. The molecule has 1 saturated carbocycles. The standard InChI is InChI=1S/C12H17NS/c13-7-6-12(4-5-12)11-8-9-2-1-3-10(9)14-11/h8H,1-7,13H2. The zero-order valence-electron chi connectivity index (χ0n) is 8.51. The maximum atomic E-state index is 5.69. The molecule has 2 aliphatic carbocycles. The van der Waals surface area contributed by atoms with Gasteiger partial charge in [0.1, 0.15) is 0 Å². The summed E-state index contributed by atoms with van der Waals surface area (Å²) in [5, 5.41) is 0. The van der Waals surface area contributed by atoms with E-state index in [1.54, 1.807) is 15.3 Å². The van der Waals surface area contributed by atoms with Crippen LogP contribution in [0.3, 0.4) is 0 Å². The number of aryl methyl sites for hydroxylation is 2. The van der Waals surface area contributed by atoms with Crippen molar-refractivity contribution in [2.24, 2.45) is 5.73 Å². The summed E-state index contributed by atoms with van der Waals surface area (Å²) in [4.78, 5) is 3.32. The van der Waals surface area contributed by atoms with E-state index in [4.69, 9.17) is 5.73 Å². The van der Waals surface area contributed by atoms with E-state index < -0.39 is 0 Å². The van der Waals surface area contributed by atoms with Crippen LogP contribution >= 0.6 is 11.3 Å². The quantitative estimate of drug-likeness (QED) is 0.810. The summed E-state index contributed by atoms with van der Waals surface area (Å²) < 4.78 is 0. The minimum absolute atomic E-state index is 0.532. The van der Waals surface area contributed by atoms with Gasteiger partial charge in [0.05, 0.1) is 0 Å². The highest BCUT2D eigenvalue weighted by atomic mass is 32.1. The molecule has 2 N–H and O–H groups in total. The smallest absolute Gasteiger partial charge is 0.0113 e. The third-order valence-electron chi connectivity index (χ3n) is 3.75. The van der Waals surface area contributed by atoms with Crippen LogP contribution in [-0.2, 0) is 18.3 Å². The fraction of sp³-hybridized carbons (Fsp3) is 0.667. The summed E-state index contributed by atoms with van der Waals surface area (Å²) in [6.45, 7) is 0.850. The van der Waals surface area contributed by atoms with Crippen LogP contribution in [-0.4, -0.2) is 6.54 Å². The Bertz CT molecular complexity index is 328. The van der Waals surface area contributed by atoms with Crippen molar-refractivity contribution in [2.45, 2.75) is 43.9 Å². The first-order valence-corrected chi connectivity index (χ1v) is 6.48. The number of hydrogen-bond donors (Lipinski definition) is 1. The van der Waals surface area contributed by atoms with Crippen LogP contribution in [0, 0.1) is 0 Å². The molecule has 1 aromatic heterocycles. The maximum absolute atomic E-state index is 5.69. The summed E-state index contributed by atoms with van der Waals surface area (Å²) in [5.41, 5.74) is 7.87. The average Bonchev–Trinajstić information content (AvgIpc) is 2.65. The minimum atomic E-state index is 0.532. The highest BCUT2D eigenvalue weighted by Gasteiger charge is 2.44. The molecule has 14 heavy (non-hydrogen) atoms. The monoisotopic (exact) mass is 207 g/mol. The lowest BCUT2D eigenvalue weighted by Crippen LogP contribution is -2.11. The van der Waals surface area contributed by atoms with Crippen molar-refractivity contribution in [3.05, 3.63) is 21.4 Å². The Morgan fingerprint density at radius 2 is 2.21 bits per heavy atom. The predicted molar refractivity (Wildman–Crippen MR) is 60.9 cm³/mol. The summed E-state index contributed by atoms with van der Waals surface area (Å²) in [6.07, 6.45) is 7.99. The number of fused-ring (bicyclic) bond motifs is 1. The molecular weight excluding hydrogens is 190 g/mol. The largest absolute Gasteiger partial charge is 0.330 e. The second-order valence-corrected chi connectivity index (χ2v) is 5.87. The Morgan fingerprint density at radius 1 is 1.36 bits per heavy atom. The molecule has 0 saturated heterocycles. The van der Waals surface area contributed by atoms with E-state index in [0.29, 0.717) is 5.41 Å². The van der Waals surface area contributed by atoms with Gasteiger partial charge < -0.3 is 5.73 Å². The van der Waals surface area contributed by atoms with Crippen LogP contribution in [0.2, 0.25) is 0 Å². The van der Waals surface area contributed by atoms with E-state index in [0.717, 1.165) is 6.54 Å². The highest BCUT2D eigenvalue weighted by molar-refractivity contribution is 7.12. The van der Waals surface area contributed by atoms with Gasteiger partial charge in [-0.25, -0.2) is 0 Å². The van der Waals surface area contributed by atoms with E-state index in [-0.39, 0.29) is 0 Å². The second-order valence-electron chi connectivity index (χ2n) is 4.73. The molecule has 0 aromatic carbocycles. The van der Waals surface area contributed by atoms with E-state index >= 15 is 0 Å². The van der Waals surface area contributed by atoms with Crippen molar-refractivity contribution in [3.63, 3.8) is 0 Å². The summed E-state index contributed by atoms with van der Waals surface area (Å²) in [5.74, 6) is 0. The zero-order chi connectivity index (χ0) is 9.60. The molecule has 3 rings (SSSR count). The third-order valence-corrected chi connectivity index (χ3v) is 5.23. The van der Waals surface area contributed by atoms with Crippen molar-refractivity contribution in [1.29, 1.82) is 0 Å². The van der Waals surface area contributed by atoms with Gasteiger partial charge in [0, 0.05) is 15.2 Å². The van der Waals surface area contributed by atoms with Gasteiger partial charge in [0.25, 0.3) is 0 Å². The highest BCUT2D eigenvalue weighted by Crippen LogP contribution is 2.54. The summed E-state index contributed by atoms with van der Waals surface area (Å²) in [7, 11) is 0. The molecular formula is C12H17NS. The molecule has 0 aliphatic heterocycles.